The van der Waals surface area contributed by atoms with Crippen LogP contribution in [-0.4, -0.2) is 39.2 Å². The summed E-state index contributed by atoms with van der Waals surface area (Å²) in [6.07, 6.45) is 5.18. The zero-order valence-electron chi connectivity index (χ0n) is 17.2. The van der Waals surface area contributed by atoms with E-state index in [2.05, 4.69) is 0 Å². The molecule has 0 amide bonds. The lowest BCUT2D eigenvalue weighted by Gasteiger charge is -2.62. The highest BCUT2D eigenvalue weighted by molar-refractivity contribution is 6.01. The molecule has 0 saturated heterocycles. The van der Waals surface area contributed by atoms with Gasteiger partial charge < -0.3 is 10.2 Å². The summed E-state index contributed by atoms with van der Waals surface area (Å²) < 4.78 is 16.9. The molecule has 4 rings (SSSR count). The zero-order chi connectivity index (χ0) is 20.7. The average molecular weight is 407 g/mol. The van der Waals surface area contributed by atoms with E-state index >= 15 is 4.39 Å². The summed E-state index contributed by atoms with van der Waals surface area (Å²) in [5.74, 6) is -1.29. The second kappa shape index (κ2) is 6.58. The lowest BCUT2D eigenvalue weighted by molar-refractivity contribution is -0.218. The fourth-order valence-corrected chi connectivity index (χ4v) is 7.41. The van der Waals surface area contributed by atoms with E-state index in [1.54, 1.807) is 19.9 Å². The minimum atomic E-state index is -1.92. The molecule has 4 aliphatic rings. The molecule has 0 bridgehead atoms. The van der Waals surface area contributed by atoms with Crippen molar-refractivity contribution in [1.82, 2.24) is 0 Å². The third-order valence-corrected chi connectivity index (χ3v) is 8.97. The molecule has 3 saturated carbocycles. The molecule has 2 N–H and O–H groups in total. The number of carbonyl (C=O) groups is 2. The smallest absolute Gasteiger partial charge is 0.178 e. The minimum Gasteiger partial charge on any atom is -0.390 e. The van der Waals surface area contributed by atoms with Crippen LogP contribution in [0.25, 0.3) is 0 Å². The summed E-state index contributed by atoms with van der Waals surface area (Å²) in [6, 6.07) is 0. The normalized spacial score (nSPS) is 50.7. The number of fused-ring (bicyclic) bond motifs is 5. The van der Waals surface area contributed by atoms with Crippen LogP contribution >= 0.6 is 0 Å². The molecule has 0 spiro atoms. The molecule has 3 fully saturated rings. The Morgan fingerprint density at radius 1 is 1.31 bits per heavy atom. The molecule has 0 aliphatic heterocycles. The van der Waals surface area contributed by atoms with Gasteiger partial charge in [0, 0.05) is 23.2 Å². The summed E-state index contributed by atoms with van der Waals surface area (Å²) in [7, 11) is 0. The van der Waals surface area contributed by atoms with Crippen LogP contribution < -0.4 is 0 Å². The second-order valence-corrected chi connectivity index (χ2v) is 9.94. The number of aliphatic hydroxyl groups excluding tert-OH is 1. The van der Waals surface area contributed by atoms with Crippen LogP contribution in [0, 0.1) is 28.6 Å². The predicted molar refractivity (Wildman–Crippen MR) is 110 cm³/mol. The maximum Gasteiger partial charge on any atom is 0.178 e. The van der Waals surface area contributed by atoms with Gasteiger partial charge in [-0.3, -0.25) is 9.59 Å². The Morgan fingerprint density at radius 3 is 2.59 bits per heavy atom. The van der Waals surface area contributed by atoms with Gasteiger partial charge in [-0.15, -0.1) is 0 Å². The van der Waals surface area contributed by atoms with E-state index in [9.17, 15) is 19.8 Å². The maximum atomic E-state index is 16.9. The number of hydrogen-bond donors (Lipinski definition) is 2. The van der Waals surface area contributed by atoms with Crippen molar-refractivity contribution >= 4 is 11.6 Å². The molecule has 5 heteroatoms. The van der Waals surface area contributed by atoms with E-state index in [1.807, 2.05) is 13.8 Å². The van der Waals surface area contributed by atoms with E-state index < -0.39 is 34.1 Å². The first-order valence-corrected chi connectivity index (χ1v) is 10.5. The quantitative estimate of drug-likeness (QED) is 0.728. The molecule has 4 aliphatic carbocycles. The van der Waals surface area contributed by atoms with E-state index in [1.165, 1.54) is 12.2 Å². The summed E-state index contributed by atoms with van der Waals surface area (Å²) in [4.78, 5) is 24.7. The van der Waals surface area contributed by atoms with Crippen LogP contribution in [0.1, 0.15) is 67.2 Å². The van der Waals surface area contributed by atoms with Crippen LogP contribution in [0.5, 0.6) is 0 Å². The van der Waals surface area contributed by atoms with E-state index in [0.29, 0.717) is 19.3 Å². The Labute approximate surface area is 173 Å². The van der Waals surface area contributed by atoms with Crippen LogP contribution in [0.4, 0.5) is 4.39 Å². The van der Waals surface area contributed by atoms with Crippen molar-refractivity contribution < 1.29 is 24.2 Å². The van der Waals surface area contributed by atoms with Crippen LogP contribution in [0.3, 0.4) is 0 Å². The summed E-state index contributed by atoms with van der Waals surface area (Å²) in [5, 5.41) is 22.7. The highest BCUT2D eigenvalue weighted by atomic mass is 19.1. The summed E-state index contributed by atoms with van der Waals surface area (Å²) in [6.45, 7) is 7.26. The number of carbonyl (C=O) groups excluding carboxylic acids is 2. The van der Waals surface area contributed by atoms with Gasteiger partial charge in [-0.25, -0.2) is 4.39 Å². The number of allylic oxidation sites excluding steroid dienone is 4. The standard InChI is InChI=1S/C23H31FO4.CH4/c1-5-18(26)23(28)13(2)10-17-16-7-6-14-11-15(25)8-9-20(14,3)22(16,24)19(27)12-21(17,23)4;/h8-9,11,13,16-17,19,27-28H,5-7,10,12H2,1-4H3;1H4/t13-,16-,17?,19-,20-,21-,22?,23-;/m0./s1. The third kappa shape index (κ3) is 2.38. The first kappa shape index (κ1) is 22.4. The SMILES string of the molecule is C.CCC(=O)[C@@]1(O)[C@@H](C)CC2[C@@H]3CCC4=CC(=O)C=C[C@]4(C)C3(F)[C@@H](O)C[C@@]21C. The molecular weight excluding hydrogens is 371 g/mol. The van der Waals surface area contributed by atoms with Gasteiger partial charge in [-0.2, -0.15) is 0 Å². The van der Waals surface area contributed by atoms with Gasteiger partial charge in [-0.05, 0) is 56.6 Å². The molecule has 29 heavy (non-hydrogen) atoms. The largest absolute Gasteiger partial charge is 0.390 e. The van der Waals surface area contributed by atoms with E-state index in [0.717, 1.165) is 5.57 Å². The number of alkyl halides is 1. The Hall–Kier alpha value is -1.33. The van der Waals surface area contributed by atoms with Crippen molar-refractivity contribution in [3.63, 3.8) is 0 Å². The van der Waals surface area contributed by atoms with Gasteiger partial charge in [-0.1, -0.05) is 39.8 Å². The van der Waals surface area contributed by atoms with Crippen molar-refractivity contribution in [2.24, 2.45) is 28.6 Å². The summed E-state index contributed by atoms with van der Waals surface area (Å²) in [5.41, 5.74) is -4.61. The molecule has 2 unspecified atom stereocenters. The number of hydrogen-bond acceptors (Lipinski definition) is 4. The number of rotatable bonds is 2. The number of aliphatic hydroxyl groups is 2. The predicted octanol–water partition coefficient (Wildman–Crippen LogP) is 3.95. The molecule has 162 valence electrons. The Balaban J connectivity index is 0.00000240. The van der Waals surface area contributed by atoms with Gasteiger partial charge in [0.15, 0.2) is 17.2 Å². The molecule has 0 radical (unpaired) electrons. The second-order valence-electron chi connectivity index (χ2n) is 9.94. The van der Waals surface area contributed by atoms with Crippen molar-refractivity contribution in [3.05, 3.63) is 23.8 Å². The molecule has 0 aromatic heterocycles. The van der Waals surface area contributed by atoms with Gasteiger partial charge in [0.25, 0.3) is 0 Å². The number of Topliss-reactive ketones (excluding diaryl/α,β-unsaturated/α-hetero) is 1. The molecular formula is C24H35FO4. The topological polar surface area (TPSA) is 74.6 Å². The third-order valence-electron chi connectivity index (χ3n) is 8.97. The first-order chi connectivity index (χ1) is 13.0. The molecule has 4 nitrogen and oxygen atoms in total. The van der Waals surface area contributed by atoms with Crippen LogP contribution in [0.2, 0.25) is 0 Å². The van der Waals surface area contributed by atoms with Crippen molar-refractivity contribution in [2.75, 3.05) is 0 Å². The van der Waals surface area contributed by atoms with E-state index in [-0.39, 0.29) is 43.7 Å². The highest BCUT2D eigenvalue weighted by Gasteiger charge is 2.75. The van der Waals surface area contributed by atoms with Crippen molar-refractivity contribution in [1.29, 1.82) is 0 Å². The van der Waals surface area contributed by atoms with Crippen molar-refractivity contribution in [3.8, 4) is 0 Å². The minimum absolute atomic E-state index is 0. The van der Waals surface area contributed by atoms with Gasteiger partial charge in [0.1, 0.15) is 5.60 Å². The molecule has 0 heterocycles. The van der Waals surface area contributed by atoms with Crippen LogP contribution in [0.15, 0.2) is 23.8 Å². The lowest BCUT2D eigenvalue weighted by atomic mass is 9.44. The van der Waals surface area contributed by atoms with Gasteiger partial charge in [0.2, 0.25) is 0 Å². The summed E-state index contributed by atoms with van der Waals surface area (Å²) >= 11 is 0. The van der Waals surface area contributed by atoms with Crippen molar-refractivity contribution in [2.45, 2.75) is 84.6 Å². The number of halogens is 1. The van der Waals surface area contributed by atoms with Gasteiger partial charge >= 0.3 is 0 Å². The van der Waals surface area contributed by atoms with E-state index in [4.69, 9.17) is 0 Å². The number of ketones is 2. The fourth-order valence-electron chi connectivity index (χ4n) is 7.41. The first-order valence-electron chi connectivity index (χ1n) is 10.5. The molecule has 0 aromatic rings. The Morgan fingerprint density at radius 2 is 1.97 bits per heavy atom. The monoisotopic (exact) mass is 406 g/mol. The van der Waals surface area contributed by atoms with Crippen LogP contribution in [-0.2, 0) is 9.59 Å². The van der Waals surface area contributed by atoms with Gasteiger partial charge in [0.05, 0.1) is 6.10 Å². The Kier molecular flexibility index (Phi) is 5.07. The fraction of sp³-hybridized carbons (Fsp3) is 0.750. The highest BCUT2D eigenvalue weighted by Crippen LogP contribution is 2.70. The maximum absolute atomic E-state index is 16.9. The lowest BCUT2D eigenvalue weighted by Crippen LogP contribution is -2.69. The average Bonchev–Trinajstić information content (AvgIpc) is 2.84. The molecule has 0 aromatic carbocycles. The zero-order valence-corrected chi connectivity index (χ0v) is 17.2. The molecule has 8 atom stereocenters. The Bertz CT molecular complexity index is 803.